The van der Waals surface area contributed by atoms with E-state index in [9.17, 15) is 0 Å². The maximum Gasteiger partial charge on any atom is 0.200 e. The van der Waals surface area contributed by atoms with Crippen molar-refractivity contribution in [3.63, 3.8) is 0 Å². The first-order valence-electron chi connectivity index (χ1n) is 5.12. The predicted molar refractivity (Wildman–Crippen MR) is 63.1 cm³/mol. The predicted octanol–water partition coefficient (Wildman–Crippen LogP) is 1.89. The maximum atomic E-state index is 5.63. The second kappa shape index (κ2) is 4.26. The van der Waals surface area contributed by atoms with Gasteiger partial charge >= 0.3 is 0 Å². The Balaban J connectivity index is 1.99. The van der Waals surface area contributed by atoms with Gasteiger partial charge in [-0.2, -0.15) is 0 Å². The molecule has 0 aliphatic heterocycles. The van der Waals surface area contributed by atoms with Crippen molar-refractivity contribution in [1.29, 1.82) is 0 Å². The van der Waals surface area contributed by atoms with Gasteiger partial charge in [-0.1, -0.05) is 17.7 Å². The summed E-state index contributed by atoms with van der Waals surface area (Å²) in [6.45, 7) is 2.48. The Morgan fingerprint density at radius 1 is 1.31 bits per heavy atom. The summed E-state index contributed by atoms with van der Waals surface area (Å²) < 4.78 is 7.36. The van der Waals surface area contributed by atoms with Crippen molar-refractivity contribution < 1.29 is 4.74 Å². The lowest BCUT2D eigenvalue weighted by Gasteiger charge is -2.03. The van der Waals surface area contributed by atoms with Crippen molar-refractivity contribution in [1.82, 2.24) is 9.55 Å². The number of hydrogen-bond donors (Lipinski definition) is 1. The number of anilines is 1. The molecule has 0 atom stereocenters. The van der Waals surface area contributed by atoms with E-state index in [1.54, 1.807) is 4.57 Å². The van der Waals surface area contributed by atoms with Gasteiger partial charge in [-0.15, -0.1) is 0 Å². The molecule has 84 valence electrons. The Morgan fingerprint density at radius 3 is 2.56 bits per heavy atom. The SMILES string of the molecule is Cc1ccc(OCc2cn(C)c(N)n2)cc1. The highest BCUT2D eigenvalue weighted by Crippen LogP contribution is 2.13. The molecule has 0 amide bonds. The maximum absolute atomic E-state index is 5.63. The minimum atomic E-state index is 0.439. The van der Waals surface area contributed by atoms with Crippen molar-refractivity contribution in [3.8, 4) is 5.75 Å². The third-order valence-electron chi connectivity index (χ3n) is 2.37. The van der Waals surface area contributed by atoms with Gasteiger partial charge in [-0.25, -0.2) is 4.98 Å². The van der Waals surface area contributed by atoms with Gasteiger partial charge in [0.1, 0.15) is 12.4 Å². The van der Waals surface area contributed by atoms with Gasteiger partial charge in [0, 0.05) is 13.2 Å². The van der Waals surface area contributed by atoms with Gasteiger partial charge < -0.3 is 15.0 Å². The first-order valence-corrected chi connectivity index (χ1v) is 5.12. The molecule has 2 rings (SSSR count). The van der Waals surface area contributed by atoms with Crippen molar-refractivity contribution >= 4 is 5.95 Å². The summed E-state index contributed by atoms with van der Waals surface area (Å²) in [5.74, 6) is 1.34. The number of nitrogen functional groups attached to an aromatic ring is 1. The number of nitrogens with two attached hydrogens (primary N) is 1. The Bertz CT molecular complexity index is 454. The van der Waals surface area contributed by atoms with Gasteiger partial charge in [0.2, 0.25) is 0 Å². The van der Waals surface area contributed by atoms with E-state index >= 15 is 0 Å². The van der Waals surface area contributed by atoms with Crippen LogP contribution >= 0.6 is 0 Å². The second-order valence-electron chi connectivity index (χ2n) is 3.80. The molecule has 0 spiro atoms. The smallest absolute Gasteiger partial charge is 0.200 e. The number of hydrogen-bond acceptors (Lipinski definition) is 3. The summed E-state index contributed by atoms with van der Waals surface area (Å²) in [7, 11) is 1.86. The van der Waals surface area contributed by atoms with Crippen LogP contribution in [0.1, 0.15) is 11.3 Å². The van der Waals surface area contributed by atoms with Crippen LogP contribution in [0.25, 0.3) is 0 Å². The normalized spacial score (nSPS) is 10.4. The van der Waals surface area contributed by atoms with E-state index < -0.39 is 0 Å². The van der Waals surface area contributed by atoms with Crippen LogP contribution in [-0.4, -0.2) is 9.55 Å². The number of aryl methyl sites for hydroxylation is 2. The van der Waals surface area contributed by atoms with E-state index in [1.807, 2.05) is 44.4 Å². The quantitative estimate of drug-likeness (QED) is 0.854. The molecule has 0 saturated heterocycles. The summed E-state index contributed by atoms with van der Waals surface area (Å²) in [6, 6.07) is 7.92. The van der Waals surface area contributed by atoms with Crippen LogP contribution in [-0.2, 0) is 13.7 Å². The third kappa shape index (κ3) is 2.34. The Morgan fingerprint density at radius 2 is 2.00 bits per heavy atom. The fourth-order valence-electron chi connectivity index (χ4n) is 1.41. The van der Waals surface area contributed by atoms with Crippen LogP contribution in [0.15, 0.2) is 30.5 Å². The Labute approximate surface area is 94.7 Å². The highest BCUT2D eigenvalue weighted by Gasteiger charge is 2.02. The first-order chi connectivity index (χ1) is 7.65. The number of rotatable bonds is 3. The van der Waals surface area contributed by atoms with Crippen LogP contribution in [0, 0.1) is 6.92 Å². The van der Waals surface area contributed by atoms with Crippen LogP contribution < -0.4 is 10.5 Å². The van der Waals surface area contributed by atoms with Crippen molar-refractivity contribution in [2.45, 2.75) is 13.5 Å². The zero-order valence-electron chi connectivity index (χ0n) is 9.47. The summed E-state index contributed by atoms with van der Waals surface area (Å²) in [4.78, 5) is 4.16. The summed E-state index contributed by atoms with van der Waals surface area (Å²) in [5, 5.41) is 0. The number of aromatic nitrogens is 2. The molecule has 0 aliphatic carbocycles. The van der Waals surface area contributed by atoms with E-state index in [0.717, 1.165) is 11.4 Å². The van der Waals surface area contributed by atoms with Gasteiger partial charge in [0.15, 0.2) is 5.95 Å². The molecule has 0 radical (unpaired) electrons. The monoisotopic (exact) mass is 217 g/mol. The third-order valence-corrected chi connectivity index (χ3v) is 2.37. The molecule has 0 bridgehead atoms. The second-order valence-corrected chi connectivity index (χ2v) is 3.80. The topological polar surface area (TPSA) is 53.1 Å². The van der Waals surface area contributed by atoms with Crippen LogP contribution in [0.3, 0.4) is 0 Å². The fraction of sp³-hybridized carbons (Fsp3) is 0.250. The number of nitrogens with zero attached hydrogens (tertiary/aromatic N) is 2. The molecule has 1 aromatic carbocycles. The lowest BCUT2D eigenvalue weighted by atomic mass is 10.2. The molecule has 4 nitrogen and oxygen atoms in total. The minimum absolute atomic E-state index is 0.439. The summed E-state index contributed by atoms with van der Waals surface area (Å²) in [5.41, 5.74) is 7.68. The zero-order chi connectivity index (χ0) is 11.5. The van der Waals surface area contributed by atoms with Crippen LogP contribution in [0.2, 0.25) is 0 Å². The molecule has 4 heteroatoms. The Kier molecular flexibility index (Phi) is 2.81. The molecular formula is C12H15N3O. The molecular weight excluding hydrogens is 202 g/mol. The first kappa shape index (κ1) is 10.5. The molecule has 0 unspecified atom stereocenters. The lowest BCUT2D eigenvalue weighted by molar-refractivity contribution is 0.302. The van der Waals surface area contributed by atoms with Crippen molar-refractivity contribution in [2.75, 3.05) is 5.73 Å². The van der Waals surface area contributed by atoms with Gasteiger partial charge in [-0.3, -0.25) is 0 Å². The van der Waals surface area contributed by atoms with Crippen molar-refractivity contribution in [2.24, 2.45) is 7.05 Å². The van der Waals surface area contributed by atoms with E-state index in [2.05, 4.69) is 4.98 Å². The lowest BCUT2D eigenvalue weighted by Crippen LogP contribution is -1.96. The number of ether oxygens (including phenoxy) is 1. The molecule has 2 N–H and O–H groups in total. The minimum Gasteiger partial charge on any atom is -0.487 e. The molecule has 1 aromatic heterocycles. The molecule has 2 aromatic rings. The highest BCUT2D eigenvalue weighted by molar-refractivity contribution is 5.27. The van der Waals surface area contributed by atoms with E-state index in [1.165, 1.54) is 5.56 Å². The van der Waals surface area contributed by atoms with Crippen molar-refractivity contribution in [3.05, 3.63) is 41.7 Å². The van der Waals surface area contributed by atoms with Gasteiger partial charge in [-0.05, 0) is 19.1 Å². The average molecular weight is 217 g/mol. The van der Waals surface area contributed by atoms with Crippen LogP contribution in [0.4, 0.5) is 5.95 Å². The average Bonchev–Trinajstić information content (AvgIpc) is 2.58. The fourth-order valence-corrected chi connectivity index (χ4v) is 1.41. The molecule has 16 heavy (non-hydrogen) atoms. The molecule has 0 fully saturated rings. The summed E-state index contributed by atoms with van der Waals surface area (Å²) >= 11 is 0. The highest BCUT2D eigenvalue weighted by atomic mass is 16.5. The van der Waals surface area contributed by atoms with E-state index in [-0.39, 0.29) is 0 Å². The van der Waals surface area contributed by atoms with E-state index in [0.29, 0.717) is 12.6 Å². The van der Waals surface area contributed by atoms with Crippen LogP contribution in [0.5, 0.6) is 5.75 Å². The van der Waals surface area contributed by atoms with Gasteiger partial charge in [0.25, 0.3) is 0 Å². The largest absolute Gasteiger partial charge is 0.487 e. The molecule has 0 saturated carbocycles. The number of imidazole rings is 1. The standard InChI is InChI=1S/C12H15N3O/c1-9-3-5-11(6-4-9)16-8-10-7-15(2)12(13)14-10/h3-7H,8H2,1-2H3,(H2,13,14). The zero-order valence-corrected chi connectivity index (χ0v) is 9.47. The van der Waals surface area contributed by atoms with Gasteiger partial charge in [0.05, 0.1) is 5.69 Å². The molecule has 0 aliphatic rings. The number of benzene rings is 1. The molecule has 1 heterocycles. The Hall–Kier alpha value is -1.97. The van der Waals surface area contributed by atoms with E-state index in [4.69, 9.17) is 10.5 Å². The summed E-state index contributed by atoms with van der Waals surface area (Å²) in [6.07, 6.45) is 1.86.